The lowest BCUT2D eigenvalue weighted by molar-refractivity contribution is -0.384. The number of nitro benzene ring substituents is 1. The minimum atomic E-state index is -2.34. The van der Waals surface area contributed by atoms with Crippen LogP contribution in [0.5, 0.6) is 11.5 Å². The zero-order chi connectivity index (χ0) is 16.6. The molecule has 0 unspecified atom stereocenters. The summed E-state index contributed by atoms with van der Waals surface area (Å²) >= 11 is 0. The maximum absolute atomic E-state index is 13.4. The summed E-state index contributed by atoms with van der Waals surface area (Å²) in [6, 6.07) is 2.65. The number of anilines is 1. The van der Waals surface area contributed by atoms with Gasteiger partial charge in [-0.25, -0.2) is 13.2 Å². The fourth-order valence-corrected chi connectivity index (χ4v) is 1.54. The summed E-state index contributed by atoms with van der Waals surface area (Å²) in [6.07, 6.45) is 0. The highest BCUT2D eigenvalue weighted by Crippen LogP contribution is 2.35. The van der Waals surface area contributed by atoms with Crippen LogP contribution >= 0.6 is 0 Å². The van der Waals surface area contributed by atoms with Crippen LogP contribution < -0.4 is 10.5 Å². The summed E-state index contributed by atoms with van der Waals surface area (Å²) < 4.78 is 70.3. The molecule has 10 heteroatoms. The molecule has 0 saturated heterocycles. The number of nitrogen functional groups attached to an aromatic ring is 1. The smallest absolute Gasteiger partial charge is 0.295 e. The molecule has 0 bridgehead atoms. The molecule has 0 fully saturated rings. The van der Waals surface area contributed by atoms with Crippen LogP contribution in [0.3, 0.4) is 0 Å². The molecule has 0 heterocycles. The molecule has 5 nitrogen and oxygen atoms in total. The minimum absolute atomic E-state index is 0.269. The summed E-state index contributed by atoms with van der Waals surface area (Å²) in [6.45, 7) is 0. The molecule has 0 radical (unpaired) electrons. The number of hydrogen-bond acceptors (Lipinski definition) is 4. The summed E-state index contributed by atoms with van der Waals surface area (Å²) in [5.74, 6) is -13.2. The lowest BCUT2D eigenvalue weighted by Crippen LogP contribution is -2.04. The van der Waals surface area contributed by atoms with Crippen molar-refractivity contribution in [3.8, 4) is 11.5 Å². The van der Waals surface area contributed by atoms with E-state index in [1.165, 1.54) is 0 Å². The maximum Gasteiger partial charge on any atom is 0.295 e. The van der Waals surface area contributed by atoms with E-state index >= 15 is 0 Å². The van der Waals surface area contributed by atoms with E-state index in [1.807, 2.05) is 0 Å². The Labute approximate surface area is 118 Å². The summed E-state index contributed by atoms with van der Waals surface area (Å²) in [7, 11) is 0. The molecule has 0 amide bonds. The van der Waals surface area contributed by atoms with Crippen LogP contribution in [-0.2, 0) is 0 Å². The van der Waals surface area contributed by atoms with Crippen LogP contribution in [0.4, 0.5) is 33.3 Å². The SMILES string of the molecule is Nc1ccc(Oc2c(F)c(F)c(F)c(F)c2F)cc1[N+](=O)[O-]. The molecular formula is C12H5F5N2O3. The Balaban J connectivity index is 2.53. The van der Waals surface area contributed by atoms with E-state index in [9.17, 15) is 32.1 Å². The highest BCUT2D eigenvalue weighted by molar-refractivity contribution is 5.61. The molecule has 0 saturated carbocycles. The van der Waals surface area contributed by atoms with Crippen LogP contribution in [0, 0.1) is 39.2 Å². The van der Waals surface area contributed by atoms with E-state index in [0.29, 0.717) is 6.07 Å². The number of halogens is 5. The Morgan fingerprint density at radius 2 is 1.45 bits per heavy atom. The number of rotatable bonds is 3. The van der Waals surface area contributed by atoms with Crippen LogP contribution in [0.25, 0.3) is 0 Å². The molecule has 0 aliphatic heterocycles. The first-order chi connectivity index (χ1) is 10.2. The topological polar surface area (TPSA) is 78.4 Å². The molecule has 2 aromatic carbocycles. The average Bonchev–Trinajstić information content (AvgIpc) is 2.49. The fourth-order valence-electron chi connectivity index (χ4n) is 1.54. The van der Waals surface area contributed by atoms with Gasteiger partial charge in [-0.3, -0.25) is 10.1 Å². The molecular weight excluding hydrogens is 315 g/mol. The van der Waals surface area contributed by atoms with Crippen LogP contribution in [0.15, 0.2) is 18.2 Å². The van der Waals surface area contributed by atoms with E-state index in [0.717, 1.165) is 12.1 Å². The second-order valence-corrected chi connectivity index (χ2v) is 3.98. The van der Waals surface area contributed by atoms with Crippen LogP contribution in [0.1, 0.15) is 0 Å². The van der Waals surface area contributed by atoms with Crippen molar-refractivity contribution in [2.45, 2.75) is 0 Å². The first-order valence-electron chi connectivity index (χ1n) is 5.47. The van der Waals surface area contributed by atoms with E-state index in [2.05, 4.69) is 4.74 Å². The highest BCUT2D eigenvalue weighted by Gasteiger charge is 2.27. The first kappa shape index (κ1) is 15.5. The number of nitrogens with zero attached hydrogens (tertiary/aromatic N) is 1. The third kappa shape index (κ3) is 2.50. The van der Waals surface area contributed by atoms with Gasteiger partial charge in [-0.2, -0.15) is 8.78 Å². The van der Waals surface area contributed by atoms with Gasteiger partial charge in [-0.15, -0.1) is 0 Å². The van der Waals surface area contributed by atoms with E-state index in [1.54, 1.807) is 0 Å². The van der Waals surface area contributed by atoms with Crippen molar-refractivity contribution in [1.82, 2.24) is 0 Å². The third-order valence-corrected chi connectivity index (χ3v) is 2.59. The number of benzene rings is 2. The molecule has 0 aliphatic rings. The standard InChI is InChI=1S/C12H5F5N2O3/c13-7-8(14)10(16)12(11(17)9(7)15)22-4-1-2-5(18)6(3-4)19(20)21/h1-3H,18H2. The van der Waals surface area contributed by atoms with Gasteiger partial charge in [0.15, 0.2) is 0 Å². The molecule has 116 valence electrons. The van der Waals surface area contributed by atoms with Gasteiger partial charge in [-0.1, -0.05) is 0 Å². The van der Waals surface area contributed by atoms with Crippen molar-refractivity contribution >= 4 is 11.4 Å². The second-order valence-electron chi connectivity index (χ2n) is 3.98. The normalized spacial score (nSPS) is 10.6. The molecule has 0 spiro atoms. The van der Waals surface area contributed by atoms with Crippen molar-refractivity contribution in [1.29, 1.82) is 0 Å². The zero-order valence-electron chi connectivity index (χ0n) is 10.4. The van der Waals surface area contributed by atoms with Gasteiger partial charge in [0.25, 0.3) is 5.69 Å². The Bertz CT molecular complexity index is 753. The number of nitrogens with two attached hydrogens (primary N) is 1. The van der Waals surface area contributed by atoms with Crippen LogP contribution in [-0.4, -0.2) is 4.92 Å². The molecule has 2 N–H and O–H groups in total. The summed E-state index contributed by atoms with van der Waals surface area (Å²) in [5.41, 5.74) is 4.38. The Morgan fingerprint density at radius 3 is 1.95 bits per heavy atom. The van der Waals surface area contributed by atoms with Crippen molar-refractivity contribution in [2.75, 3.05) is 5.73 Å². The molecule has 0 aromatic heterocycles. The van der Waals surface area contributed by atoms with Gasteiger partial charge in [-0.05, 0) is 12.1 Å². The largest absolute Gasteiger partial charge is 0.451 e. The Hall–Kier alpha value is -2.91. The van der Waals surface area contributed by atoms with Gasteiger partial charge >= 0.3 is 0 Å². The van der Waals surface area contributed by atoms with Crippen molar-refractivity contribution in [2.24, 2.45) is 0 Å². The first-order valence-corrected chi connectivity index (χ1v) is 5.47. The second kappa shape index (κ2) is 5.47. The lowest BCUT2D eigenvalue weighted by Gasteiger charge is -2.10. The number of nitro groups is 1. The van der Waals surface area contributed by atoms with Crippen LogP contribution in [0.2, 0.25) is 0 Å². The van der Waals surface area contributed by atoms with E-state index in [4.69, 9.17) is 5.73 Å². The quantitative estimate of drug-likeness (QED) is 0.234. The third-order valence-electron chi connectivity index (χ3n) is 2.59. The maximum atomic E-state index is 13.4. The van der Waals surface area contributed by atoms with Gasteiger partial charge in [0.2, 0.25) is 34.8 Å². The van der Waals surface area contributed by atoms with Crippen molar-refractivity contribution < 1.29 is 31.6 Å². The van der Waals surface area contributed by atoms with Gasteiger partial charge < -0.3 is 10.5 Å². The predicted octanol–water partition coefficient (Wildman–Crippen LogP) is 3.66. The molecule has 0 aliphatic carbocycles. The molecule has 0 atom stereocenters. The fraction of sp³-hybridized carbons (Fsp3) is 0. The van der Waals surface area contributed by atoms with Gasteiger partial charge in [0.05, 0.1) is 11.0 Å². The van der Waals surface area contributed by atoms with E-state index < -0.39 is 51.2 Å². The highest BCUT2D eigenvalue weighted by atomic mass is 19.2. The van der Waals surface area contributed by atoms with Gasteiger partial charge in [0.1, 0.15) is 11.4 Å². The molecule has 2 rings (SSSR count). The zero-order valence-corrected chi connectivity index (χ0v) is 10.4. The Morgan fingerprint density at radius 1 is 0.955 bits per heavy atom. The van der Waals surface area contributed by atoms with Gasteiger partial charge in [0, 0.05) is 0 Å². The van der Waals surface area contributed by atoms with E-state index in [-0.39, 0.29) is 5.69 Å². The monoisotopic (exact) mass is 320 g/mol. The lowest BCUT2D eigenvalue weighted by atomic mass is 10.2. The Kier molecular flexibility index (Phi) is 3.85. The molecule has 22 heavy (non-hydrogen) atoms. The van der Waals surface area contributed by atoms with Crippen molar-refractivity contribution in [3.05, 3.63) is 57.4 Å². The number of hydrogen-bond donors (Lipinski definition) is 1. The number of ether oxygens (including phenoxy) is 1. The van der Waals surface area contributed by atoms with Crippen molar-refractivity contribution in [3.63, 3.8) is 0 Å². The average molecular weight is 320 g/mol. The minimum Gasteiger partial charge on any atom is -0.451 e. The predicted molar refractivity (Wildman–Crippen MR) is 63.8 cm³/mol. The summed E-state index contributed by atoms with van der Waals surface area (Å²) in [4.78, 5) is 9.76. The molecule has 2 aromatic rings. The summed E-state index contributed by atoms with van der Waals surface area (Å²) in [5, 5.41) is 10.7.